The third-order valence-electron chi connectivity index (χ3n) is 2.16. The van der Waals surface area contributed by atoms with Crippen LogP contribution < -0.4 is 0 Å². The van der Waals surface area contributed by atoms with E-state index in [1.54, 1.807) is 18.2 Å². The van der Waals surface area contributed by atoms with Crippen molar-refractivity contribution >= 4 is 21.9 Å². The zero-order chi connectivity index (χ0) is 11.4. The molecule has 0 N–H and O–H groups in total. The molecule has 0 bridgehead atoms. The molecule has 0 radical (unpaired) electrons. The van der Waals surface area contributed by atoms with E-state index in [4.69, 9.17) is 4.74 Å². The molecule has 0 amide bonds. The van der Waals surface area contributed by atoms with Gasteiger partial charge in [-0.15, -0.1) is 0 Å². The van der Waals surface area contributed by atoms with Gasteiger partial charge in [0.1, 0.15) is 16.4 Å². The van der Waals surface area contributed by atoms with E-state index in [-0.39, 0.29) is 12.1 Å². The third kappa shape index (κ3) is 3.63. The SMILES string of the molecule is CC(C)C(C)OC(=O)c1cccc(Br)n1. The van der Waals surface area contributed by atoms with Crippen molar-refractivity contribution in [3.05, 3.63) is 28.5 Å². The summed E-state index contributed by atoms with van der Waals surface area (Å²) in [4.78, 5) is 15.6. The fraction of sp³-hybridized carbons (Fsp3) is 0.455. The molecule has 1 heterocycles. The molecule has 1 rings (SSSR count). The lowest BCUT2D eigenvalue weighted by Crippen LogP contribution is -2.20. The standard InChI is InChI=1S/C11H14BrNO2/c1-7(2)8(3)15-11(14)9-5-4-6-10(12)13-9/h4-8H,1-3H3. The Kier molecular flexibility index (Phi) is 4.27. The highest BCUT2D eigenvalue weighted by Gasteiger charge is 2.15. The van der Waals surface area contributed by atoms with Crippen LogP contribution in [-0.2, 0) is 4.74 Å². The lowest BCUT2D eigenvalue weighted by molar-refractivity contribution is 0.0231. The second-order valence-corrected chi connectivity index (χ2v) is 4.51. The first-order chi connectivity index (χ1) is 7.00. The summed E-state index contributed by atoms with van der Waals surface area (Å²) in [6, 6.07) is 5.16. The van der Waals surface area contributed by atoms with Crippen molar-refractivity contribution in [1.82, 2.24) is 4.98 Å². The van der Waals surface area contributed by atoms with Gasteiger partial charge in [0.15, 0.2) is 0 Å². The van der Waals surface area contributed by atoms with Crippen molar-refractivity contribution in [2.75, 3.05) is 0 Å². The lowest BCUT2D eigenvalue weighted by Gasteiger charge is -2.16. The van der Waals surface area contributed by atoms with Gasteiger partial charge in [-0.1, -0.05) is 19.9 Å². The Morgan fingerprint density at radius 3 is 2.60 bits per heavy atom. The molecule has 3 nitrogen and oxygen atoms in total. The molecule has 0 spiro atoms. The van der Waals surface area contributed by atoms with Gasteiger partial charge in [-0.25, -0.2) is 9.78 Å². The smallest absolute Gasteiger partial charge is 0.357 e. The van der Waals surface area contributed by atoms with Crippen LogP contribution in [0.25, 0.3) is 0 Å². The molecule has 4 heteroatoms. The van der Waals surface area contributed by atoms with E-state index in [0.29, 0.717) is 16.2 Å². The van der Waals surface area contributed by atoms with Crippen LogP contribution in [0.1, 0.15) is 31.3 Å². The number of aromatic nitrogens is 1. The first-order valence-electron chi connectivity index (χ1n) is 4.84. The summed E-state index contributed by atoms with van der Waals surface area (Å²) < 4.78 is 5.86. The van der Waals surface area contributed by atoms with Gasteiger partial charge in [0.2, 0.25) is 0 Å². The number of hydrogen-bond acceptors (Lipinski definition) is 3. The average Bonchev–Trinajstić information content (AvgIpc) is 2.17. The maximum absolute atomic E-state index is 11.6. The van der Waals surface area contributed by atoms with Crippen LogP contribution in [0.15, 0.2) is 22.8 Å². The molecule has 0 fully saturated rings. The molecule has 0 saturated carbocycles. The molecule has 1 unspecified atom stereocenters. The Hall–Kier alpha value is -0.900. The van der Waals surface area contributed by atoms with Crippen molar-refractivity contribution in [3.8, 4) is 0 Å². The summed E-state index contributed by atoms with van der Waals surface area (Å²) >= 11 is 3.21. The van der Waals surface area contributed by atoms with Gasteiger partial charge in [0, 0.05) is 0 Å². The molecule has 1 atom stereocenters. The number of halogens is 1. The number of carbonyl (C=O) groups is 1. The largest absolute Gasteiger partial charge is 0.458 e. The van der Waals surface area contributed by atoms with Gasteiger partial charge < -0.3 is 4.74 Å². The first-order valence-corrected chi connectivity index (χ1v) is 5.63. The zero-order valence-corrected chi connectivity index (χ0v) is 10.6. The zero-order valence-electron chi connectivity index (χ0n) is 9.03. The highest BCUT2D eigenvalue weighted by atomic mass is 79.9. The molecule has 1 aromatic heterocycles. The van der Waals surface area contributed by atoms with Crippen molar-refractivity contribution in [2.24, 2.45) is 5.92 Å². The van der Waals surface area contributed by atoms with E-state index in [1.165, 1.54) is 0 Å². The van der Waals surface area contributed by atoms with Crippen LogP contribution in [0.4, 0.5) is 0 Å². The summed E-state index contributed by atoms with van der Waals surface area (Å²) in [6.07, 6.45) is -0.0988. The molecule has 82 valence electrons. The van der Waals surface area contributed by atoms with Crippen molar-refractivity contribution in [3.63, 3.8) is 0 Å². The maximum Gasteiger partial charge on any atom is 0.357 e. The van der Waals surface area contributed by atoms with E-state index in [9.17, 15) is 4.79 Å². The van der Waals surface area contributed by atoms with Gasteiger partial charge in [-0.3, -0.25) is 0 Å². The molecular weight excluding hydrogens is 258 g/mol. The van der Waals surface area contributed by atoms with Crippen LogP contribution in [0.3, 0.4) is 0 Å². The molecule has 0 aliphatic rings. The third-order valence-corrected chi connectivity index (χ3v) is 2.60. The molecule has 1 aromatic rings. The molecule has 0 aliphatic heterocycles. The predicted octanol–water partition coefficient (Wildman–Crippen LogP) is 3.05. The first kappa shape index (κ1) is 12.2. The molecular formula is C11H14BrNO2. The van der Waals surface area contributed by atoms with Crippen LogP contribution in [0.5, 0.6) is 0 Å². The van der Waals surface area contributed by atoms with Gasteiger partial charge in [-0.2, -0.15) is 0 Å². The highest BCUT2D eigenvalue weighted by Crippen LogP contribution is 2.11. The Balaban J connectivity index is 2.69. The minimum atomic E-state index is -0.377. The van der Waals surface area contributed by atoms with Gasteiger partial charge in [-0.05, 0) is 40.9 Å². The fourth-order valence-corrected chi connectivity index (χ4v) is 1.23. The quantitative estimate of drug-likeness (QED) is 0.627. The van der Waals surface area contributed by atoms with E-state index >= 15 is 0 Å². The second kappa shape index (κ2) is 5.26. The van der Waals surface area contributed by atoms with Crippen molar-refractivity contribution in [1.29, 1.82) is 0 Å². The minimum Gasteiger partial charge on any atom is -0.458 e. The van der Waals surface area contributed by atoms with Crippen LogP contribution in [-0.4, -0.2) is 17.1 Å². The average molecular weight is 272 g/mol. The van der Waals surface area contributed by atoms with E-state index in [2.05, 4.69) is 20.9 Å². The molecule has 0 aliphatic carbocycles. The number of carbonyl (C=O) groups excluding carboxylic acids is 1. The normalized spacial score (nSPS) is 12.6. The van der Waals surface area contributed by atoms with Gasteiger partial charge in [0.05, 0.1) is 0 Å². The van der Waals surface area contributed by atoms with Crippen molar-refractivity contribution < 1.29 is 9.53 Å². The summed E-state index contributed by atoms with van der Waals surface area (Å²) in [5.41, 5.74) is 0.330. The highest BCUT2D eigenvalue weighted by molar-refractivity contribution is 9.10. The molecule has 0 saturated heterocycles. The Morgan fingerprint density at radius 1 is 1.40 bits per heavy atom. The molecule has 0 aromatic carbocycles. The Morgan fingerprint density at radius 2 is 2.07 bits per heavy atom. The van der Waals surface area contributed by atoms with Gasteiger partial charge >= 0.3 is 5.97 Å². The summed E-state index contributed by atoms with van der Waals surface area (Å²) in [6.45, 7) is 5.89. The number of pyridine rings is 1. The van der Waals surface area contributed by atoms with E-state index in [1.807, 2.05) is 20.8 Å². The number of esters is 1. The van der Waals surface area contributed by atoms with Crippen LogP contribution in [0, 0.1) is 5.92 Å². The minimum absolute atomic E-state index is 0.0988. The van der Waals surface area contributed by atoms with Crippen molar-refractivity contribution in [2.45, 2.75) is 26.9 Å². The summed E-state index contributed by atoms with van der Waals surface area (Å²) in [5.74, 6) is -0.0707. The molecule has 15 heavy (non-hydrogen) atoms. The second-order valence-electron chi connectivity index (χ2n) is 3.70. The van der Waals surface area contributed by atoms with Crippen LogP contribution >= 0.6 is 15.9 Å². The lowest BCUT2D eigenvalue weighted by atomic mass is 10.1. The predicted molar refractivity (Wildman–Crippen MR) is 61.7 cm³/mol. The summed E-state index contributed by atoms with van der Waals surface area (Å²) in [5, 5.41) is 0. The number of rotatable bonds is 3. The Bertz CT molecular complexity index is 352. The Labute approximate surface area is 98.0 Å². The monoisotopic (exact) mass is 271 g/mol. The summed E-state index contributed by atoms with van der Waals surface area (Å²) in [7, 11) is 0. The topological polar surface area (TPSA) is 39.2 Å². The van der Waals surface area contributed by atoms with Gasteiger partial charge in [0.25, 0.3) is 0 Å². The van der Waals surface area contributed by atoms with E-state index in [0.717, 1.165) is 0 Å². The number of ether oxygens (including phenoxy) is 1. The maximum atomic E-state index is 11.6. The van der Waals surface area contributed by atoms with Crippen LogP contribution in [0.2, 0.25) is 0 Å². The number of nitrogens with zero attached hydrogens (tertiary/aromatic N) is 1. The number of hydrogen-bond donors (Lipinski definition) is 0. The fourth-order valence-electron chi connectivity index (χ4n) is 0.887. The van der Waals surface area contributed by atoms with E-state index < -0.39 is 0 Å².